The molecule has 2 aromatic carbocycles. The summed E-state index contributed by atoms with van der Waals surface area (Å²) in [5, 5.41) is 10.8. The number of nitrogens with zero attached hydrogens (tertiary/aromatic N) is 1. The molecule has 3 unspecified atom stereocenters. The van der Waals surface area contributed by atoms with Gasteiger partial charge in [0, 0.05) is 35.0 Å². The van der Waals surface area contributed by atoms with E-state index in [1.165, 1.54) is 11.8 Å². The van der Waals surface area contributed by atoms with Crippen molar-refractivity contribution in [3.05, 3.63) is 59.7 Å². The highest BCUT2D eigenvalue weighted by molar-refractivity contribution is 8.14. The normalized spacial score (nSPS) is 27.4. The van der Waals surface area contributed by atoms with Gasteiger partial charge in [0.15, 0.2) is 0 Å². The van der Waals surface area contributed by atoms with E-state index in [9.17, 15) is 9.90 Å². The molecule has 2 aliphatic rings. The highest BCUT2D eigenvalue weighted by atomic mass is 32.2. The summed E-state index contributed by atoms with van der Waals surface area (Å²) in [7, 11) is 5.46. The zero-order valence-corrected chi connectivity index (χ0v) is 18.5. The maximum Gasteiger partial charge on any atom is 0.219 e. The zero-order valence-electron chi connectivity index (χ0n) is 17.7. The van der Waals surface area contributed by atoms with Crippen LogP contribution in [0.4, 0.5) is 0 Å². The SMILES string of the molecule is COc1ccc(CN(C)C2CC3[C@H](O)C(SC(=O)c4ccccc4)C[C@H]32)c(OC)c1. The van der Waals surface area contributed by atoms with Crippen molar-refractivity contribution in [1.29, 1.82) is 0 Å². The monoisotopic (exact) mass is 427 g/mol. The van der Waals surface area contributed by atoms with Gasteiger partial charge in [-0.2, -0.15) is 0 Å². The molecular formula is C24H29NO4S. The van der Waals surface area contributed by atoms with Gasteiger partial charge in [-0.25, -0.2) is 0 Å². The molecule has 6 heteroatoms. The number of ether oxygens (including phenoxy) is 2. The lowest BCUT2D eigenvalue weighted by Crippen LogP contribution is -2.51. The van der Waals surface area contributed by atoms with Crippen LogP contribution in [0.1, 0.15) is 28.8 Å². The first kappa shape index (κ1) is 21.2. The Hall–Kier alpha value is -2.02. The second kappa shape index (κ2) is 9.00. The van der Waals surface area contributed by atoms with E-state index in [0.29, 0.717) is 17.5 Å². The third-order valence-corrected chi connectivity index (χ3v) is 7.85. The number of hydrogen-bond acceptors (Lipinski definition) is 6. The maximum atomic E-state index is 12.6. The molecule has 0 heterocycles. The Bertz CT molecular complexity index is 890. The van der Waals surface area contributed by atoms with Gasteiger partial charge in [0.05, 0.1) is 20.3 Å². The Morgan fingerprint density at radius 3 is 2.57 bits per heavy atom. The molecule has 0 aromatic heterocycles. The molecule has 2 fully saturated rings. The first-order valence-electron chi connectivity index (χ1n) is 10.4. The molecule has 0 saturated heterocycles. The van der Waals surface area contributed by atoms with Gasteiger partial charge in [-0.1, -0.05) is 48.2 Å². The molecule has 0 radical (unpaired) electrons. The predicted molar refractivity (Wildman–Crippen MR) is 119 cm³/mol. The lowest BCUT2D eigenvalue weighted by molar-refractivity contribution is -0.0142. The molecule has 160 valence electrons. The standard InChI is InChI=1S/C24H29NO4S/c1-25(14-16-9-10-17(28-2)11-21(16)29-3)20-12-19-18(20)13-22(23(19)26)30-24(27)15-7-5-4-6-8-15/h4-11,18-20,22-23,26H,12-14H2,1-3H3/t18-,19?,20?,22?,23+/m1/s1. The Kier molecular flexibility index (Phi) is 6.37. The number of aliphatic hydroxyl groups is 1. The summed E-state index contributed by atoms with van der Waals surface area (Å²) in [6, 6.07) is 15.7. The first-order chi connectivity index (χ1) is 14.5. The van der Waals surface area contributed by atoms with Crippen LogP contribution in [0.25, 0.3) is 0 Å². The molecule has 2 saturated carbocycles. The number of fused-ring (bicyclic) bond motifs is 1. The summed E-state index contributed by atoms with van der Waals surface area (Å²) in [5.41, 5.74) is 1.82. The fraction of sp³-hybridized carbons (Fsp3) is 0.458. The molecule has 5 nitrogen and oxygen atoms in total. The summed E-state index contributed by atoms with van der Waals surface area (Å²) < 4.78 is 10.8. The maximum absolute atomic E-state index is 12.6. The number of hydrogen-bond donors (Lipinski definition) is 1. The van der Waals surface area contributed by atoms with Crippen LogP contribution < -0.4 is 9.47 Å². The number of carbonyl (C=O) groups is 1. The van der Waals surface area contributed by atoms with Crippen LogP contribution in [0.3, 0.4) is 0 Å². The number of thioether (sulfide) groups is 1. The summed E-state index contributed by atoms with van der Waals surface area (Å²) in [5.74, 6) is 2.32. The largest absolute Gasteiger partial charge is 0.497 e. The van der Waals surface area contributed by atoms with Gasteiger partial charge < -0.3 is 14.6 Å². The van der Waals surface area contributed by atoms with Gasteiger partial charge in [0.1, 0.15) is 11.5 Å². The Labute approximate surface area is 182 Å². The molecule has 0 bridgehead atoms. The van der Waals surface area contributed by atoms with Crippen LogP contribution >= 0.6 is 11.8 Å². The van der Waals surface area contributed by atoms with Crippen molar-refractivity contribution in [3.8, 4) is 11.5 Å². The van der Waals surface area contributed by atoms with Crippen LogP contribution in [0.15, 0.2) is 48.5 Å². The van der Waals surface area contributed by atoms with Crippen molar-refractivity contribution in [3.63, 3.8) is 0 Å². The van der Waals surface area contributed by atoms with E-state index >= 15 is 0 Å². The average molecular weight is 428 g/mol. The predicted octanol–water partition coefficient (Wildman–Crippen LogP) is 3.85. The number of methoxy groups -OCH3 is 2. The van der Waals surface area contributed by atoms with E-state index in [2.05, 4.69) is 11.9 Å². The summed E-state index contributed by atoms with van der Waals surface area (Å²) in [4.78, 5) is 14.9. The van der Waals surface area contributed by atoms with Crippen molar-refractivity contribution in [2.45, 2.75) is 36.8 Å². The van der Waals surface area contributed by atoms with E-state index in [1.807, 2.05) is 48.5 Å². The third kappa shape index (κ3) is 4.09. The molecule has 5 atom stereocenters. The van der Waals surface area contributed by atoms with Gasteiger partial charge in [-0.15, -0.1) is 0 Å². The van der Waals surface area contributed by atoms with Crippen molar-refractivity contribution >= 4 is 16.9 Å². The van der Waals surface area contributed by atoms with Crippen molar-refractivity contribution in [2.75, 3.05) is 21.3 Å². The molecule has 1 N–H and O–H groups in total. The minimum Gasteiger partial charge on any atom is -0.497 e. The summed E-state index contributed by atoms with van der Waals surface area (Å²) in [6.45, 7) is 0.776. The molecule has 30 heavy (non-hydrogen) atoms. The third-order valence-electron chi connectivity index (χ3n) is 6.63. The lowest BCUT2D eigenvalue weighted by atomic mass is 9.70. The van der Waals surface area contributed by atoms with Crippen LogP contribution in [0, 0.1) is 11.8 Å². The van der Waals surface area contributed by atoms with E-state index in [-0.39, 0.29) is 16.3 Å². The molecule has 0 spiro atoms. The summed E-state index contributed by atoms with van der Waals surface area (Å²) in [6.07, 6.45) is 1.44. The summed E-state index contributed by atoms with van der Waals surface area (Å²) >= 11 is 1.30. The molecule has 0 aliphatic heterocycles. The topological polar surface area (TPSA) is 59.0 Å². The minimum atomic E-state index is -0.409. The first-order valence-corrected chi connectivity index (χ1v) is 11.2. The van der Waals surface area contributed by atoms with Gasteiger partial charge in [0.2, 0.25) is 5.12 Å². The molecular weight excluding hydrogens is 398 g/mol. The lowest BCUT2D eigenvalue weighted by Gasteiger charge is -2.46. The minimum absolute atomic E-state index is 0.0263. The van der Waals surface area contributed by atoms with E-state index in [0.717, 1.165) is 36.4 Å². The number of aliphatic hydroxyl groups excluding tert-OH is 1. The molecule has 2 aliphatic carbocycles. The van der Waals surface area contributed by atoms with Crippen LogP contribution in [-0.4, -0.2) is 53.8 Å². The van der Waals surface area contributed by atoms with Crippen molar-refractivity contribution in [2.24, 2.45) is 11.8 Å². The second-order valence-electron chi connectivity index (χ2n) is 8.26. The molecule has 4 rings (SSSR count). The molecule has 0 amide bonds. The Morgan fingerprint density at radius 1 is 1.10 bits per heavy atom. The van der Waals surface area contributed by atoms with E-state index < -0.39 is 6.10 Å². The van der Waals surface area contributed by atoms with Gasteiger partial charge in [-0.3, -0.25) is 9.69 Å². The van der Waals surface area contributed by atoms with Crippen LogP contribution in [-0.2, 0) is 6.54 Å². The van der Waals surface area contributed by atoms with Crippen molar-refractivity contribution in [1.82, 2.24) is 4.90 Å². The fourth-order valence-electron chi connectivity index (χ4n) is 4.90. The highest BCUT2D eigenvalue weighted by Gasteiger charge is 2.54. The highest BCUT2D eigenvalue weighted by Crippen LogP contribution is 2.52. The average Bonchev–Trinajstić information content (AvgIpc) is 2.98. The Morgan fingerprint density at radius 2 is 1.87 bits per heavy atom. The fourth-order valence-corrected chi connectivity index (χ4v) is 6.11. The van der Waals surface area contributed by atoms with Gasteiger partial charge >= 0.3 is 0 Å². The van der Waals surface area contributed by atoms with Crippen LogP contribution in [0.5, 0.6) is 11.5 Å². The smallest absolute Gasteiger partial charge is 0.219 e. The van der Waals surface area contributed by atoms with Gasteiger partial charge in [-0.05, 0) is 37.8 Å². The zero-order chi connectivity index (χ0) is 21.3. The van der Waals surface area contributed by atoms with Crippen molar-refractivity contribution < 1.29 is 19.4 Å². The number of benzene rings is 2. The number of carbonyl (C=O) groups excluding carboxylic acids is 1. The quantitative estimate of drug-likeness (QED) is 0.724. The Balaban J connectivity index is 1.38. The number of rotatable bonds is 7. The van der Waals surface area contributed by atoms with E-state index in [4.69, 9.17) is 9.47 Å². The molecule has 2 aromatic rings. The van der Waals surface area contributed by atoms with Gasteiger partial charge in [0.25, 0.3) is 0 Å². The van der Waals surface area contributed by atoms with E-state index in [1.54, 1.807) is 14.2 Å². The van der Waals surface area contributed by atoms with Crippen LogP contribution in [0.2, 0.25) is 0 Å². The second-order valence-corrected chi connectivity index (χ2v) is 9.47.